The fourth-order valence-electron chi connectivity index (χ4n) is 2.81. The van der Waals surface area contributed by atoms with Crippen LogP contribution in [0.2, 0.25) is 0 Å². The van der Waals surface area contributed by atoms with Crippen molar-refractivity contribution in [1.29, 1.82) is 0 Å². The number of rotatable bonds is 5. The number of hydrogen-bond acceptors (Lipinski definition) is 4. The molecule has 6 heteroatoms. The molecule has 4 nitrogen and oxygen atoms in total. The molecule has 1 aliphatic rings. The van der Waals surface area contributed by atoms with Gasteiger partial charge in [-0.05, 0) is 29.5 Å². The summed E-state index contributed by atoms with van der Waals surface area (Å²) in [6.07, 6.45) is 3.82. The average Bonchev–Trinajstić information content (AvgIpc) is 3.20. The molecule has 1 saturated heterocycles. The molecule has 0 saturated carbocycles. The Kier molecular flexibility index (Phi) is 5.16. The van der Waals surface area contributed by atoms with Crippen LogP contribution in [0, 0.1) is 0 Å². The molecule has 1 fully saturated rings. The minimum Gasteiger partial charge on any atom is -0.330 e. The second-order valence-electron chi connectivity index (χ2n) is 5.85. The molecular weight excluding hydrogens is 342 g/mol. The number of carbonyl (C=O) groups is 1. The molecule has 0 unspecified atom stereocenters. The van der Waals surface area contributed by atoms with Crippen molar-refractivity contribution >= 4 is 33.2 Å². The Morgan fingerprint density at radius 1 is 1.21 bits per heavy atom. The van der Waals surface area contributed by atoms with Crippen molar-refractivity contribution in [3.63, 3.8) is 0 Å². The number of carbonyl (C=O) groups excluding carboxylic acids is 1. The van der Waals surface area contributed by atoms with Crippen LogP contribution in [-0.4, -0.2) is 36.8 Å². The highest BCUT2D eigenvalue weighted by Gasteiger charge is 2.34. The molecule has 2 aromatic rings. The van der Waals surface area contributed by atoms with Crippen LogP contribution < -0.4 is 0 Å². The zero-order chi connectivity index (χ0) is 17.0. The smallest absolute Gasteiger partial charge is 0.247 e. The highest BCUT2D eigenvalue weighted by molar-refractivity contribution is 7.91. The van der Waals surface area contributed by atoms with Gasteiger partial charge < -0.3 is 4.90 Å². The minimum absolute atomic E-state index is 0.0588. The molecule has 0 spiro atoms. The Bertz CT molecular complexity index is 811. The van der Waals surface area contributed by atoms with E-state index >= 15 is 0 Å². The van der Waals surface area contributed by atoms with E-state index in [-0.39, 0.29) is 23.5 Å². The predicted molar refractivity (Wildman–Crippen MR) is 97.4 cm³/mol. The van der Waals surface area contributed by atoms with Crippen molar-refractivity contribution in [3.8, 4) is 0 Å². The molecule has 0 N–H and O–H groups in total. The molecule has 1 amide bonds. The Morgan fingerprint density at radius 2 is 2.00 bits per heavy atom. The van der Waals surface area contributed by atoms with E-state index < -0.39 is 9.84 Å². The van der Waals surface area contributed by atoms with Crippen LogP contribution >= 0.6 is 11.3 Å². The number of hydrogen-bond donors (Lipinski definition) is 0. The Labute approximate surface area is 146 Å². The maximum Gasteiger partial charge on any atom is 0.247 e. The first-order valence-electron chi connectivity index (χ1n) is 7.80. The summed E-state index contributed by atoms with van der Waals surface area (Å²) in [5.74, 6) is 0.0757. The van der Waals surface area contributed by atoms with Gasteiger partial charge in [-0.2, -0.15) is 0 Å². The molecule has 1 aromatic carbocycles. The number of thiophene rings is 1. The lowest BCUT2D eigenvalue weighted by molar-refractivity contribution is -0.128. The molecule has 0 aliphatic carbocycles. The van der Waals surface area contributed by atoms with Crippen molar-refractivity contribution in [2.24, 2.45) is 0 Å². The Hall–Kier alpha value is -1.92. The minimum atomic E-state index is -3.03. The van der Waals surface area contributed by atoms with Crippen molar-refractivity contribution in [2.75, 3.05) is 11.5 Å². The highest BCUT2D eigenvalue weighted by atomic mass is 32.2. The van der Waals surface area contributed by atoms with Gasteiger partial charge in [0, 0.05) is 17.0 Å². The topological polar surface area (TPSA) is 54.5 Å². The molecule has 1 aliphatic heterocycles. The Balaban J connectivity index is 1.78. The maximum atomic E-state index is 12.7. The number of nitrogens with zero attached hydrogens (tertiary/aromatic N) is 1. The third-order valence-corrected chi connectivity index (χ3v) is 6.67. The highest BCUT2D eigenvalue weighted by Crippen LogP contribution is 2.22. The predicted octanol–water partition coefficient (Wildman–Crippen LogP) is 2.98. The van der Waals surface area contributed by atoms with E-state index in [1.165, 1.54) is 6.08 Å². The summed E-state index contributed by atoms with van der Waals surface area (Å²) in [6, 6.07) is 13.3. The zero-order valence-corrected chi connectivity index (χ0v) is 14.8. The number of sulfone groups is 1. The quantitative estimate of drug-likeness (QED) is 0.770. The van der Waals surface area contributed by atoms with Crippen LogP contribution in [0.15, 0.2) is 53.9 Å². The first-order valence-corrected chi connectivity index (χ1v) is 10.5. The lowest BCUT2D eigenvalue weighted by Gasteiger charge is -2.26. The van der Waals surface area contributed by atoms with Gasteiger partial charge in [0.1, 0.15) is 0 Å². The van der Waals surface area contributed by atoms with Crippen molar-refractivity contribution < 1.29 is 13.2 Å². The van der Waals surface area contributed by atoms with Crippen molar-refractivity contribution in [1.82, 2.24) is 4.90 Å². The summed E-state index contributed by atoms with van der Waals surface area (Å²) in [5, 5.41) is 1.96. The molecule has 0 radical (unpaired) electrons. The summed E-state index contributed by atoms with van der Waals surface area (Å²) < 4.78 is 23.6. The van der Waals surface area contributed by atoms with Crippen LogP contribution in [0.5, 0.6) is 0 Å². The first-order chi connectivity index (χ1) is 11.5. The molecule has 1 aromatic heterocycles. The van der Waals surface area contributed by atoms with E-state index in [2.05, 4.69) is 0 Å². The molecule has 1 atom stereocenters. The average molecular weight is 361 g/mol. The normalized spacial score (nSPS) is 19.6. The molecule has 24 heavy (non-hydrogen) atoms. The summed E-state index contributed by atoms with van der Waals surface area (Å²) in [4.78, 5) is 15.4. The van der Waals surface area contributed by atoms with E-state index in [0.717, 1.165) is 10.4 Å². The number of amides is 1. The van der Waals surface area contributed by atoms with Gasteiger partial charge >= 0.3 is 0 Å². The third kappa shape index (κ3) is 4.33. The van der Waals surface area contributed by atoms with Gasteiger partial charge in [0.25, 0.3) is 0 Å². The lowest BCUT2D eigenvalue weighted by atomic mass is 10.2. The zero-order valence-electron chi connectivity index (χ0n) is 13.2. The van der Waals surface area contributed by atoms with Gasteiger partial charge in [0.2, 0.25) is 5.91 Å². The van der Waals surface area contributed by atoms with Crippen molar-refractivity contribution in [2.45, 2.75) is 19.0 Å². The van der Waals surface area contributed by atoms with Gasteiger partial charge in [-0.1, -0.05) is 36.4 Å². The summed E-state index contributed by atoms with van der Waals surface area (Å²) in [5.41, 5.74) is 0.945. The SMILES string of the molecule is O=C(/C=C\c1ccccc1)N(Cc1cccs1)[C@H]1CCS(=O)(=O)C1. The van der Waals surface area contributed by atoms with Gasteiger partial charge in [-0.3, -0.25) is 4.79 Å². The molecule has 126 valence electrons. The maximum absolute atomic E-state index is 12.7. The van der Waals surface area contributed by atoms with E-state index in [4.69, 9.17) is 0 Å². The van der Waals surface area contributed by atoms with Crippen LogP contribution in [0.4, 0.5) is 0 Å². The first kappa shape index (κ1) is 16.9. The third-order valence-electron chi connectivity index (χ3n) is 4.06. The second-order valence-corrected chi connectivity index (χ2v) is 9.11. The van der Waals surface area contributed by atoms with Gasteiger partial charge in [-0.25, -0.2) is 8.42 Å². The fraction of sp³-hybridized carbons (Fsp3) is 0.278. The summed E-state index contributed by atoms with van der Waals surface area (Å²) >= 11 is 1.57. The lowest BCUT2D eigenvalue weighted by Crippen LogP contribution is -2.39. The van der Waals surface area contributed by atoms with Crippen LogP contribution in [0.1, 0.15) is 16.9 Å². The second kappa shape index (κ2) is 7.32. The number of benzene rings is 1. The molecular formula is C18H19NO3S2. The molecule has 2 heterocycles. The molecule has 3 rings (SSSR count). The van der Waals surface area contributed by atoms with Crippen LogP contribution in [0.25, 0.3) is 6.08 Å². The standard InChI is InChI=1S/C18H19NO3S2/c20-18(9-8-15-5-2-1-3-6-15)19(13-17-7-4-11-23-17)16-10-12-24(21,22)14-16/h1-9,11,16H,10,12-14H2/b9-8-/t16-/m0/s1. The van der Waals surface area contributed by atoms with E-state index in [1.54, 1.807) is 22.3 Å². The fourth-order valence-corrected chi connectivity index (χ4v) is 5.24. The Morgan fingerprint density at radius 3 is 2.62 bits per heavy atom. The van der Waals surface area contributed by atoms with Crippen LogP contribution in [-0.2, 0) is 21.2 Å². The van der Waals surface area contributed by atoms with Gasteiger partial charge in [0.05, 0.1) is 18.1 Å². The van der Waals surface area contributed by atoms with E-state index in [9.17, 15) is 13.2 Å². The summed E-state index contributed by atoms with van der Waals surface area (Å²) in [6.45, 7) is 0.454. The molecule has 0 bridgehead atoms. The summed E-state index contributed by atoms with van der Waals surface area (Å²) in [7, 11) is -3.03. The van der Waals surface area contributed by atoms with E-state index in [1.807, 2.05) is 47.8 Å². The van der Waals surface area contributed by atoms with Gasteiger partial charge in [-0.15, -0.1) is 11.3 Å². The van der Waals surface area contributed by atoms with E-state index in [0.29, 0.717) is 13.0 Å². The monoisotopic (exact) mass is 361 g/mol. The van der Waals surface area contributed by atoms with Crippen LogP contribution in [0.3, 0.4) is 0 Å². The van der Waals surface area contributed by atoms with Gasteiger partial charge in [0.15, 0.2) is 9.84 Å². The van der Waals surface area contributed by atoms with Crippen molar-refractivity contribution in [3.05, 3.63) is 64.4 Å². The largest absolute Gasteiger partial charge is 0.330 e.